The van der Waals surface area contributed by atoms with Crippen molar-refractivity contribution in [2.45, 2.75) is 26.3 Å². The molecule has 1 heterocycles. The molecule has 15 heavy (non-hydrogen) atoms. The van der Waals surface area contributed by atoms with Crippen LogP contribution >= 0.6 is 0 Å². The van der Waals surface area contributed by atoms with E-state index >= 15 is 0 Å². The molecule has 82 valence electrons. The van der Waals surface area contributed by atoms with E-state index in [9.17, 15) is 9.59 Å². The van der Waals surface area contributed by atoms with Crippen molar-refractivity contribution in [3.8, 4) is 0 Å². The molecule has 0 saturated heterocycles. The number of amides is 1. The van der Waals surface area contributed by atoms with Gasteiger partial charge in [0.15, 0.2) is 0 Å². The summed E-state index contributed by atoms with van der Waals surface area (Å²) in [7, 11) is 0. The van der Waals surface area contributed by atoms with Gasteiger partial charge in [0.05, 0.1) is 0 Å². The summed E-state index contributed by atoms with van der Waals surface area (Å²) in [6.07, 6.45) is 3.63. The van der Waals surface area contributed by atoms with E-state index in [2.05, 4.69) is 12.2 Å². The fourth-order valence-electron chi connectivity index (χ4n) is 1.21. The van der Waals surface area contributed by atoms with E-state index in [1.807, 2.05) is 0 Å². The van der Waals surface area contributed by atoms with Crippen LogP contribution in [0.15, 0.2) is 29.2 Å². The van der Waals surface area contributed by atoms with Crippen molar-refractivity contribution in [3.05, 3.63) is 34.7 Å². The monoisotopic (exact) mass is 208 g/mol. The van der Waals surface area contributed by atoms with Gasteiger partial charge in [-0.3, -0.25) is 9.59 Å². The molecule has 1 rings (SSSR count). The fraction of sp³-hybridized carbons (Fsp3) is 0.455. The lowest BCUT2D eigenvalue weighted by molar-refractivity contribution is -0.121. The van der Waals surface area contributed by atoms with Gasteiger partial charge in [0.1, 0.15) is 6.54 Å². The summed E-state index contributed by atoms with van der Waals surface area (Å²) in [5.41, 5.74) is -0.150. The summed E-state index contributed by atoms with van der Waals surface area (Å²) in [5.74, 6) is -0.114. The van der Waals surface area contributed by atoms with Gasteiger partial charge in [0, 0.05) is 18.8 Å². The van der Waals surface area contributed by atoms with E-state index in [-0.39, 0.29) is 18.0 Å². The molecule has 4 heteroatoms. The zero-order valence-corrected chi connectivity index (χ0v) is 8.90. The molecule has 0 aliphatic rings. The average molecular weight is 208 g/mol. The second-order valence-corrected chi connectivity index (χ2v) is 3.37. The van der Waals surface area contributed by atoms with Crippen molar-refractivity contribution in [3.63, 3.8) is 0 Å². The Bertz CT molecular complexity index is 371. The van der Waals surface area contributed by atoms with Gasteiger partial charge < -0.3 is 9.88 Å². The Kier molecular flexibility index (Phi) is 4.60. The number of pyridine rings is 1. The van der Waals surface area contributed by atoms with Crippen molar-refractivity contribution in [1.29, 1.82) is 0 Å². The summed E-state index contributed by atoms with van der Waals surface area (Å²) in [4.78, 5) is 22.6. The number of aromatic nitrogens is 1. The van der Waals surface area contributed by atoms with Crippen molar-refractivity contribution in [1.82, 2.24) is 9.88 Å². The molecule has 0 atom stereocenters. The number of hydrogen-bond donors (Lipinski definition) is 1. The predicted molar refractivity (Wildman–Crippen MR) is 58.6 cm³/mol. The molecule has 4 nitrogen and oxygen atoms in total. The van der Waals surface area contributed by atoms with Crippen LogP contribution in [0, 0.1) is 0 Å². The van der Waals surface area contributed by atoms with Crippen LogP contribution in [0.4, 0.5) is 0 Å². The zero-order chi connectivity index (χ0) is 11.1. The summed E-state index contributed by atoms with van der Waals surface area (Å²) in [6.45, 7) is 2.84. The summed E-state index contributed by atoms with van der Waals surface area (Å²) in [5, 5.41) is 2.76. The summed E-state index contributed by atoms with van der Waals surface area (Å²) >= 11 is 0. The molecule has 0 spiro atoms. The van der Waals surface area contributed by atoms with E-state index in [1.165, 1.54) is 10.6 Å². The second kappa shape index (κ2) is 6.01. The maximum atomic E-state index is 11.4. The highest BCUT2D eigenvalue weighted by atomic mass is 16.2. The summed E-state index contributed by atoms with van der Waals surface area (Å²) in [6, 6.07) is 4.84. The molecule has 0 aliphatic carbocycles. The standard InChI is InChI=1S/C11H16N2O2/c1-2-3-7-12-10(14)9-13-8-5-4-6-11(13)15/h4-6,8H,2-3,7,9H2,1H3,(H,12,14). The molecule has 1 amide bonds. The predicted octanol–water partition coefficient (Wildman–Crippen LogP) is 0.765. The largest absolute Gasteiger partial charge is 0.355 e. The first kappa shape index (κ1) is 11.5. The van der Waals surface area contributed by atoms with Gasteiger partial charge in [0.25, 0.3) is 5.56 Å². The third-order valence-corrected chi connectivity index (χ3v) is 2.07. The smallest absolute Gasteiger partial charge is 0.250 e. The lowest BCUT2D eigenvalue weighted by atomic mass is 10.3. The summed E-state index contributed by atoms with van der Waals surface area (Å²) < 4.78 is 1.39. The third kappa shape index (κ3) is 3.97. The fourth-order valence-corrected chi connectivity index (χ4v) is 1.21. The van der Waals surface area contributed by atoms with Gasteiger partial charge in [-0.2, -0.15) is 0 Å². The first-order chi connectivity index (χ1) is 7.24. The third-order valence-electron chi connectivity index (χ3n) is 2.07. The van der Waals surface area contributed by atoms with Gasteiger partial charge in [-0.1, -0.05) is 19.4 Å². The van der Waals surface area contributed by atoms with Crippen molar-refractivity contribution < 1.29 is 4.79 Å². The van der Waals surface area contributed by atoms with Crippen LogP contribution < -0.4 is 10.9 Å². The average Bonchev–Trinajstić information content (AvgIpc) is 2.22. The van der Waals surface area contributed by atoms with Crippen LogP contribution in [-0.2, 0) is 11.3 Å². The lowest BCUT2D eigenvalue weighted by Crippen LogP contribution is -2.32. The number of hydrogen-bond acceptors (Lipinski definition) is 2. The quantitative estimate of drug-likeness (QED) is 0.726. The van der Waals surface area contributed by atoms with E-state index in [0.717, 1.165) is 12.8 Å². The minimum atomic E-state index is -0.150. The molecule has 0 aliphatic heterocycles. The Hall–Kier alpha value is -1.58. The number of carbonyl (C=O) groups excluding carboxylic acids is 1. The topological polar surface area (TPSA) is 51.1 Å². The highest BCUT2D eigenvalue weighted by Gasteiger charge is 2.01. The van der Waals surface area contributed by atoms with E-state index in [4.69, 9.17) is 0 Å². The minimum Gasteiger partial charge on any atom is -0.355 e. The van der Waals surface area contributed by atoms with E-state index < -0.39 is 0 Å². The van der Waals surface area contributed by atoms with E-state index in [1.54, 1.807) is 18.3 Å². The van der Waals surface area contributed by atoms with Crippen LogP contribution in [0.3, 0.4) is 0 Å². The first-order valence-corrected chi connectivity index (χ1v) is 5.16. The number of carbonyl (C=O) groups is 1. The van der Waals surface area contributed by atoms with Crippen LogP contribution in [0.2, 0.25) is 0 Å². The molecular weight excluding hydrogens is 192 g/mol. The number of nitrogens with zero attached hydrogens (tertiary/aromatic N) is 1. The van der Waals surface area contributed by atoms with Gasteiger partial charge in [-0.05, 0) is 12.5 Å². The van der Waals surface area contributed by atoms with E-state index in [0.29, 0.717) is 6.54 Å². The molecule has 1 aromatic heterocycles. The van der Waals surface area contributed by atoms with Crippen molar-refractivity contribution >= 4 is 5.91 Å². The second-order valence-electron chi connectivity index (χ2n) is 3.37. The highest BCUT2D eigenvalue weighted by molar-refractivity contribution is 5.75. The molecule has 0 unspecified atom stereocenters. The minimum absolute atomic E-state index is 0.101. The molecule has 0 fully saturated rings. The highest BCUT2D eigenvalue weighted by Crippen LogP contribution is 1.85. The number of unbranched alkanes of at least 4 members (excludes halogenated alkanes) is 1. The van der Waals surface area contributed by atoms with Gasteiger partial charge in [-0.15, -0.1) is 0 Å². The maximum Gasteiger partial charge on any atom is 0.250 e. The molecule has 0 bridgehead atoms. The molecule has 1 N–H and O–H groups in total. The van der Waals surface area contributed by atoms with Crippen LogP contribution in [0.5, 0.6) is 0 Å². The van der Waals surface area contributed by atoms with Gasteiger partial charge >= 0.3 is 0 Å². The zero-order valence-electron chi connectivity index (χ0n) is 8.90. The Labute approximate surface area is 88.9 Å². The molecule has 0 radical (unpaired) electrons. The van der Waals surface area contributed by atoms with Crippen LogP contribution in [0.25, 0.3) is 0 Å². The number of rotatable bonds is 5. The maximum absolute atomic E-state index is 11.4. The van der Waals surface area contributed by atoms with Gasteiger partial charge in [-0.25, -0.2) is 0 Å². The SMILES string of the molecule is CCCCNC(=O)Cn1ccccc1=O. The molecule has 0 aromatic carbocycles. The Morgan fingerprint density at radius 2 is 2.27 bits per heavy atom. The lowest BCUT2D eigenvalue weighted by Gasteiger charge is -2.05. The van der Waals surface area contributed by atoms with Crippen molar-refractivity contribution in [2.24, 2.45) is 0 Å². The molecular formula is C11H16N2O2. The van der Waals surface area contributed by atoms with Gasteiger partial charge in [0.2, 0.25) is 5.91 Å². The Morgan fingerprint density at radius 3 is 2.93 bits per heavy atom. The van der Waals surface area contributed by atoms with Crippen LogP contribution in [-0.4, -0.2) is 17.0 Å². The first-order valence-electron chi connectivity index (χ1n) is 5.16. The molecule has 0 saturated carbocycles. The Balaban J connectivity index is 2.45. The number of nitrogens with one attached hydrogen (secondary N) is 1. The molecule has 1 aromatic rings. The van der Waals surface area contributed by atoms with Crippen molar-refractivity contribution in [2.75, 3.05) is 6.54 Å². The normalized spacial score (nSPS) is 9.93. The Morgan fingerprint density at radius 1 is 1.47 bits per heavy atom. The van der Waals surface area contributed by atoms with Crippen LogP contribution in [0.1, 0.15) is 19.8 Å².